The maximum absolute atomic E-state index is 12.8. The zero-order valence-corrected chi connectivity index (χ0v) is 18.1. The highest BCUT2D eigenvalue weighted by molar-refractivity contribution is 5.81. The predicted octanol–water partition coefficient (Wildman–Crippen LogP) is 5.47. The lowest BCUT2D eigenvalue weighted by atomic mass is 10.0. The van der Waals surface area contributed by atoms with Crippen LogP contribution in [0.5, 0.6) is 11.5 Å². The molecular weight excluding hydrogens is 350 g/mol. The quantitative estimate of drug-likeness (QED) is 0.657. The van der Waals surface area contributed by atoms with Crippen molar-refractivity contribution in [1.29, 1.82) is 0 Å². The number of rotatable bonds is 8. The third-order valence-corrected chi connectivity index (χ3v) is 5.01. The molecule has 2 rings (SSSR count). The van der Waals surface area contributed by atoms with E-state index in [1.54, 1.807) is 14.0 Å². The molecule has 0 saturated heterocycles. The van der Waals surface area contributed by atoms with Gasteiger partial charge in [-0.15, -0.1) is 0 Å². The Bertz CT molecular complexity index is 813. The molecule has 2 aromatic carbocycles. The molecule has 4 nitrogen and oxygen atoms in total. The third kappa shape index (κ3) is 5.28. The van der Waals surface area contributed by atoms with Crippen molar-refractivity contribution >= 4 is 5.91 Å². The molecule has 0 saturated carbocycles. The SMILES string of the molecule is CC[C@@H](NC(=O)[C@H](C)Oc1cc(C)ccc1C(C)C)c1ccc(OC)c(C)c1. The second kappa shape index (κ2) is 9.63. The topological polar surface area (TPSA) is 47.6 Å². The fraction of sp³-hybridized carbons (Fsp3) is 0.458. The molecule has 0 aromatic heterocycles. The lowest BCUT2D eigenvalue weighted by Crippen LogP contribution is -2.38. The summed E-state index contributed by atoms with van der Waals surface area (Å²) in [7, 11) is 1.66. The van der Waals surface area contributed by atoms with Gasteiger partial charge in [0.2, 0.25) is 0 Å². The van der Waals surface area contributed by atoms with Crippen LogP contribution in [-0.4, -0.2) is 19.1 Å². The lowest BCUT2D eigenvalue weighted by molar-refractivity contribution is -0.128. The standard InChI is InChI=1S/C24H33NO3/c1-8-21(19-10-12-22(27-7)17(5)14-19)25-24(26)18(6)28-23-13-16(4)9-11-20(23)15(2)3/h9-15,18,21H,8H2,1-7H3,(H,25,26)/t18-,21+/m0/s1. The van der Waals surface area contributed by atoms with Crippen LogP contribution >= 0.6 is 0 Å². The average Bonchev–Trinajstić information content (AvgIpc) is 2.65. The first-order valence-corrected chi connectivity index (χ1v) is 9.98. The molecule has 0 aliphatic carbocycles. The Morgan fingerprint density at radius 1 is 1.04 bits per heavy atom. The van der Waals surface area contributed by atoms with Gasteiger partial charge in [0.25, 0.3) is 5.91 Å². The summed E-state index contributed by atoms with van der Waals surface area (Å²) in [5.41, 5.74) is 4.35. The molecule has 0 radical (unpaired) electrons. The lowest BCUT2D eigenvalue weighted by Gasteiger charge is -2.23. The molecule has 0 spiro atoms. The Labute approximate surface area is 169 Å². The van der Waals surface area contributed by atoms with Crippen LogP contribution in [0.25, 0.3) is 0 Å². The molecule has 1 N–H and O–H groups in total. The van der Waals surface area contributed by atoms with Crippen LogP contribution < -0.4 is 14.8 Å². The summed E-state index contributed by atoms with van der Waals surface area (Å²) in [4.78, 5) is 12.8. The largest absolute Gasteiger partial charge is 0.496 e. The van der Waals surface area contributed by atoms with E-state index in [4.69, 9.17) is 9.47 Å². The first kappa shape index (κ1) is 21.8. The number of methoxy groups -OCH3 is 1. The molecule has 0 bridgehead atoms. The molecule has 28 heavy (non-hydrogen) atoms. The number of hydrogen-bond acceptors (Lipinski definition) is 3. The normalized spacial score (nSPS) is 13.1. The van der Waals surface area contributed by atoms with E-state index >= 15 is 0 Å². The molecule has 0 unspecified atom stereocenters. The van der Waals surface area contributed by atoms with Gasteiger partial charge in [-0.25, -0.2) is 0 Å². The fourth-order valence-electron chi connectivity index (χ4n) is 3.29. The molecule has 0 aliphatic heterocycles. The third-order valence-electron chi connectivity index (χ3n) is 5.01. The number of ether oxygens (including phenoxy) is 2. The zero-order valence-electron chi connectivity index (χ0n) is 18.1. The minimum atomic E-state index is -0.576. The summed E-state index contributed by atoms with van der Waals surface area (Å²) >= 11 is 0. The Morgan fingerprint density at radius 3 is 2.32 bits per heavy atom. The zero-order chi connectivity index (χ0) is 20.8. The van der Waals surface area contributed by atoms with Gasteiger partial charge in [-0.2, -0.15) is 0 Å². The van der Waals surface area contributed by atoms with Crippen LogP contribution in [0.15, 0.2) is 36.4 Å². The summed E-state index contributed by atoms with van der Waals surface area (Å²) in [6.45, 7) is 12.2. The Hall–Kier alpha value is -2.49. The minimum absolute atomic E-state index is 0.0646. The number of hydrogen-bond donors (Lipinski definition) is 1. The van der Waals surface area contributed by atoms with Gasteiger partial charge in [-0.3, -0.25) is 4.79 Å². The maximum Gasteiger partial charge on any atom is 0.261 e. The van der Waals surface area contributed by atoms with Crippen LogP contribution in [0.3, 0.4) is 0 Å². The summed E-state index contributed by atoms with van der Waals surface area (Å²) in [6.07, 6.45) is 0.221. The second-order valence-electron chi connectivity index (χ2n) is 7.65. The van der Waals surface area contributed by atoms with Crippen molar-refractivity contribution in [2.75, 3.05) is 7.11 Å². The van der Waals surface area contributed by atoms with Gasteiger partial charge in [0.15, 0.2) is 6.10 Å². The Morgan fingerprint density at radius 2 is 1.75 bits per heavy atom. The van der Waals surface area contributed by atoms with E-state index in [2.05, 4.69) is 44.3 Å². The van der Waals surface area contributed by atoms with Gasteiger partial charge in [-0.05, 0) is 67.5 Å². The first-order valence-electron chi connectivity index (χ1n) is 9.98. The number of nitrogens with one attached hydrogen (secondary N) is 1. The van der Waals surface area contributed by atoms with Crippen LogP contribution in [0.2, 0.25) is 0 Å². The summed E-state index contributed by atoms with van der Waals surface area (Å²) in [6, 6.07) is 12.1. The van der Waals surface area contributed by atoms with Gasteiger partial charge in [0, 0.05) is 0 Å². The van der Waals surface area contributed by atoms with E-state index < -0.39 is 6.10 Å². The molecule has 0 aliphatic rings. The van der Waals surface area contributed by atoms with Gasteiger partial charge >= 0.3 is 0 Å². The first-order chi connectivity index (χ1) is 13.3. The van der Waals surface area contributed by atoms with Crippen LogP contribution in [0.1, 0.15) is 68.3 Å². The summed E-state index contributed by atoms with van der Waals surface area (Å²) < 4.78 is 11.4. The van der Waals surface area contributed by atoms with Crippen molar-refractivity contribution in [3.63, 3.8) is 0 Å². The van der Waals surface area contributed by atoms with Gasteiger partial charge in [0.1, 0.15) is 11.5 Å². The van der Waals surface area contributed by atoms with Crippen LogP contribution in [0, 0.1) is 13.8 Å². The van der Waals surface area contributed by atoms with Crippen molar-refractivity contribution in [2.24, 2.45) is 0 Å². The van der Waals surface area contributed by atoms with Crippen LogP contribution in [-0.2, 0) is 4.79 Å². The number of amides is 1. The molecule has 2 aromatic rings. The fourth-order valence-corrected chi connectivity index (χ4v) is 3.29. The van der Waals surface area contributed by atoms with Crippen molar-refractivity contribution in [3.8, 4) is 11.5 Å². The Kier molecular flexibility index (Phi) is 7.50. The number of carbonyl (C=O) groups is 1. The van der Waals surface area contributed by atoms with Gasteiger partial charge < -0.3 is 14.8 Å². The Balaban J connectivity index is 2.12. The molecule has 2 atom stereocenters. The molecule has 0 fully saturated rings. The average molecular weight is 384 g/mol. The highest BCUT2D eigenvalue weighted by atomic mass is 16.5. The van der Waals surface area contributed by atoms with E-state index in [1.165, 1.54) is 0 Å². The molecule has 0 heterocycles. The van der Waals surface area contributed by atoms with E-state index in [9.17, 15) is 4.79 Å². The van der Waals surface area contributed by atoms with Crippen molar-refractivity contribution in [2.45, 2.75) is 66.0 Å². The second-order valence-corrected chi connectivity index (χ2v) is 7.65. The van der Waals surface area contributed by atoms with Gasteiger partial charge in [-0.1, -0.05) is 45.0 Å². The number of carbonyl (C=O) groups excluding carboxylic acids is 1. The van der Waals surface area contributed by atoms with Gasteiger partial charge in [0.05, 0.1) is 13.2 Å². The maximum atomic E-state index is 12.8. The minimum Gasteiger partial charge on any atom is -0.496 e. The summed E-state index contributed by atoms with van der Waals surface area (Å²) in [5.74, 6) is 1.85. The van der Waals surface area contributed by atoms with Crippen molar-refractivity contribution < 1.29 is 14.3 Å². The van der Waals surface area contributed by atoms with Crippen molar-refractivity contribution in [1.82, 2.24) is 5.32 Å². The molecule has 1 amide bonds. The highest BCUT2D eigenvalue weighted by Crippen LogP contribution is 2.29. The highest BCUT2D eigenvalue weighted by Gasteiger charge is 2.21. The van der Waals surface area contributed by atoms with E-state index in [-0.39, 0.29) is 11.9 Å². The van der Waals surface area contributed by atoms with E-state index in [1.807, 2.05) is 32.0 Å². The van der Waals surface area contributed by atoms with Crippen LogP contribution in [0.4, 0.5) is 0 Å². The van der Waals surface area contributed by atoms with E-state index in [0.29, 0.717) is 5.92 Å². The van der Waals surface area contributed by atoms with E-state index in [0.717, 1.165) is 40.2 Å². The van der Waals surface area contributed by atoms with Crippen molar-refractivity contribution in [3.05, 3.63) is 58.7 Å². The molecule has 4 heteroatoms. The predicted molar refractivity (Wildman–Crippen MR) is 114 cm³/mol. The number of aryl methyl sites for hydroxylation is 2. The molecular formula is C24H33NO3. The smallest absolute Gasteiger partial charge is 0.261 e. The molecule has 152 valence electrons. The number of benzene rings is 2. The monoisotopic (exact) mass is 383 g/mol. The summed E-state index contributed by atoms with van der Waals surface area (Å²) in [5, 5.41) is 3.13.